The molecule has 1 amide bonds. The second kappa shape index (κ2) is 7.94. The molecule has 154 valence electrons. The van der Waals surface area contributed by atoms with Crippen LogP contribution in [0.2, 0.25) is 0 Å². The zero-order chi connectivity index (χ0) is 20.4. The van der Waals surface area contributed by atoms with Crippen molar-refractivity contribution in [3.63, 3.8) is 0 Å². The number of sulfone groups is 1. The van der Waals surface area contributed by atoms with Gasteiger partial charge in [-0.05, 0) is 49.8 Å². The number of fused-ring (bicyclic) bond motifs is 1. The third kappa shape index (κ3) is 4.32. The van der Waals surface area contributed by atoms with Crippen LogP contribution in [-0.2, 0) is 21.2 Å². The number of benzene rings is 1. The number of carbonyl (C=O) groups excluding carboxylic acids is 1. The van der Waals surface area contributed by atoms with Gasteiger partial charge in [0, 0.05) is 11.6 Å². The molecule has 1 aromatic carbocycles. The molecule has 0 aliphatic carbocycles. The number of carbonyl (C=O) groups is 1. The van der Waals surface area contributed by atoms with E-state index in [0.717, 1.165) is 5.56 Å². The molecule has 29 heavy (non-hydrogen) atoms. The Morgan fingerprint density at radius 1 is 1.31 bits per heavy atom. The van der Waals surface area contributed by atoms with Gasteiger partial charge in [0.05, 0.1) is 36.5 Å². The molecule has 8 heteroatoms. The SMILES string of the molecule is CCOc1ccc2c(c1)C=C(C(=O)N(Cc1ccco1)[C@@H]1CCS(=O)(=O)C1)CO2. The summed E-state index contributed by atoms with van der Waals surface area (Å²) >= 11 is 0. The van der Waals surface area contributed by atoms with E-state index in [0.29, 0.717) is 35.9 Å². The van der Waals surface area contributed by atoms with Crippen LogP contribution in [0, 0.1) is 0 Å². The lowest BCUT2D eigenvalue weighted by atomic mass is 10.0. The van der Waals surface area contributed by atoms with Crippen molar-refractivity contribution in [1.29, 1.82) is 0 Å². The molecule has 2 aliphatic rings. The molecule has 2 aliphatic heterocycles. The third-order valence-corrected chi connectivity index (χ3v) is 6.85. The maximum Gasteiger partial charge on any atom is 0.253 e. The first-order valence-corrected chi connectivity index (χ1v) is 11.4. The van der Waals surface area contributed by atoms with Crippen molar-refractivity contribution in [2.45, 2.75) is 25.9 Å². The summed E-state index contributed by atoms with van der Waals surface area (Å²) in [5, 5.41) is 0. The van der Waals surface area contributed by atoms with Crippen molar-refractivity contribution < 1.29 is 27.1 Å². The van der Waals surface area contributed by atoms with Crippen molar-refractivity contribution in [1.82, 2.24) is 4.90 Å². The monoisotopic (exact) mass is 417 g/mol. The molecule has 1 fully saturated rings. The number of rotatable bonds is 6. The first kappa shape index (κ1) is 19.6. The van der Waals surface area contributed by atoms with Crippen LogP contribution in [0.4, 0.5) is 0 Å². The van der Waals surface area contributed by atoms with Crippen molar-refractivity contribution >= 4 is 21.8 Å². The summed E-state index contributed by atoms with van der Waals surface area (Å²) in [4.78, 5) is 14.9. The molecule has 0 N–H and O–H groups in total. The van der Waals surface area contributed by atoms with Crippen LogP contribution < -0.4 is 9.47 Å². The molecule has 4 rings (SSSR count). The van der Waals surface area contributed by atoms with Crippen LogP contribution in [0.3, 0.4) is 0 Å². The van der Waals surface area contributed by atoms with E-state index in [-0.39, 0.29) is 36.6 Å². The number of ether oxygens (including phenoxy) is 2. The second-order valence-corrected chi connectivity index (χ2v) is 9.39. The summed E-state index contributed by atoms with van der Waals surface area (Å²) in [6, 6.07) is 8.63. The number of hydrogen-bond donors (Lipinski definition) is 0. The average molecular weight is 417 g/mol. The number of nitrogens with zero attached hydrogens (tertiary/aromatic N) is 1. The van der Waals surface area contributed by atoms with Gasteiger partial charge in [-0.1, -0.05) is 0 Å². The highest BCUT2D eigenvalue weighted by atomic mass is 32.2. The zero-order valence-corrected chi connectivity index (χ0v) is 17.0. The van der Waals surface area contributed by atoms with Gasteiger partial charge in [-0.25, -0.2) is 8.42 Å². The number of hydrogen-bond acceptors (Lipinski definition) is 6. The lowest BCUT2D eigenvalue weighted by molar-refractivity contribution is -0.130. The van der Waals surface area contributed by atoms with Crippen LogP contribution in [-0.4, -0.2) is 50.0 Å². The third-order valence-electron chi connectivity index (χ3n) is 5.10. The summed E-state index contributed by atoms with van der Waals surface area (Å²) in [6.45, 7) is 2.80. The fourth-order valence-electron chi connectivity index (χ4n) is 3.68. The molecule has 0 bridgehead atoms. The van der Waals surface area contributed by atoms with Crippen molar-refractivity contribution in [3.05, 3.63) is 53.5 Å². The minimum Gasteiger partial charge on any atom is -0.494 e. The lowest BCUT2D eigenvalue weighted by Gasteiger charge is -2.29. The van der Waals surface area contributed by atoms with E-state index in [1.807, 2.05) is 25.1 Å². The lowest BCUT2D eigenvalue weighted by Crippen LogP contribution is -2.42. The Bertz CT molecular complexity index is 1030. The molecule has 1 aromatic heterocycles. The molecule has 0 unspecified atom stereocenters. The average Bonchev–Trinajstić information content (AvgIpc) is 3.34. The minimum absolute atomic E-state index is 0.0291. The van der Waals surface area contributed by atoms with E-state index in [2.05, 4.69) is 0 Å². The molecule has 0 spiro atoms. The fraction of sp³-hybridized carbons (Fsp3) is 0.381. The first-order valence-electron chi connectivity index (χ1n) is 9.59. The van der Waals surface area contributed by atoms with Crippen molar-refractivity contribution in [3.8, 4) is 11.5 Å². The number of amides is 1. The number of furan rings is 1. The molecule has 3 heterocycles. The molecule has 1 atom stereocenters. The van der Waals surface area contributed by atoms with Gasteiger partial charge in [0.25, 0.3) is 5.91 Å². The van der Waals surface area contributed by atoms with E-state index < -0.39 is 9.84 Å². The van der Waals surface area contributed by atoms with Gasteiger partial charge >= 0.3 is 0 Å². The Morgan fingerprint density at radius 3 is 2.86 bits per heavy atom. The maximum atomic E-state index is 13.4. The van der Waals surface area contributed by atoms with Crippen LogP contribution >= 0.6 is 0 Å². The van der Waals surface area contributed by atoms with E-state index >= 15 is 0 Å². The van der Waals surface area contributed by atoms with Crippen LogP contribution in [0.25, 0.3) is 6.08 Å². The van der Waals surface area contributed by atoms with Crippen LogP contribution in [0.1, 0.15) is 24.7 Å². The van der Waals surface area contributed by atoms with E-state index in [9.17, 15) is 13.2 Å². The highest BCUT2D eigenvalue weighted by molar-refractivity contribution is 7.91. The summed E-state index contributed by atoms with van der Waals surface area (Å²) in [6.07, 6.45) is 3.76. The summed E-state index contributed by atoms with van der Waals surface area (Å²) < 4.78 is 40.7. The van der Waals surface area contributed by atoms with E-state index in [4.69, 9.17) is 13.9 Å². The zero-order valence-electron chi connectivity index (χ0n) is 16.2. The molecule has 1 saturated heterocycles. The predicted octanol–water partition coefficient (Wildman–Crippen LogP) is 2.67. The Balaban J connectivity index is 1.62. The van der Waals surface area contributed by atoms with Gasteiger partial charge in [0.15, 0.2) is 9.84 Å². The molecule has 2 aromatic rings. The van der Waals surface area contributed by atoms with Crippen LogP contribution in [0.5, 0.6) is 11.5 Å². The van der Waals surface area contributed by atoms with Gasteiger partial charge in [-0.2, -0.15) is 0 Å². The molecule has 0 saturated carbocycles. The largest absolute Gasteiger partial charge is 0.494 e. The molecule has 0 radical (unpaired) electrons. The summed E-state index contributed by atoms with van der Waals surface area (Å²) in [5.41, 5.74) is 1.24. The highest BCUT2D eigenvalue weighted by Gasteiger charge is 2.36. The Kier molecular flexibility index (Phi) is 5.36. The first-order chi connectivity index (χ1) is 13.9. The van der Waals surface area contributed by atoms with Crippen LogP contribution in [0.15, 0.2) is 46.6 Å². The van der Waals surface area contributed by atoms with Gasteiger partial charge in [-0.3, -0.25) is 4.79 Å². The quantitative estimate of drug-likeness (QED) is 0.718. The van der Waals surface area contributed by atoms with Gasteiger partial charge in [-0.15, -0.1) is 0 Å². The standard InChI is InChI=1S/C21H23NO6S/c1-2-26-18-5-6-20-15(11-18)10-16(13-28-20)21(23)22(12-19-4-3-8-27-19)17-7-9-29(24,25)14-17/h3-6,8,10-11,17H,2,7,9,12-14H2,1H3/t17-/m1/s1. The maximum absolute atomic E-state index is 13.4. The predicted molar refractivity (Wildman–Crippen MR) is 107 cm³/mol. The Labute approximate surface area is 169 Å². The van der Waals surface area contributed by atoms with E-state index in [1.165, 1.54) is 6.26 Å². The molecule has 7 nitrogen and oxygen atoms in total. The van der Waals surface area contributed by atoms with Crippen molar-refractivity contribution in [2.24, 2.45) is 0 Å². The smallest absolute Gasteiger partial charge is 0.253 e. The summed E-state index contributed by atoms with van der Waals surface area (Å²) in [5.74, 6) is 1.82. The van der Waals surface area contributed by atoms with E-state index in [1.54, 1.807) is 23.1 Å². The Morgan fingerprint density at radius 2 is 2.17 bits per heavy atom. The molecular weight excluding hydrogens is 394 g/mol. The fourth-order valence-corrected chi connectivity index (χ4v) is 5.41. The minimum atomic E-state index is -3.14. The molecular formula is C21H23NO6S. The second-order valence-electron chi connectivity index (χ2n) is 7.16. The van der Waals surface area contributed by atoms with Gasteiger partial charge < -0.3 is 18.8 Å². The topological polar surface area (TPSA) is 86.0 Å². The Hall–Kier alpha value is -2.74. The van der Waals surface area contributed by atoms with Gasteiger partial charge in [0.1, 0.15) is 23.9 Å². The highest BCUT2D eigenvalue weighted by Crippen LogP contribution is 2.31. The summed E-state index contributed by atoms with van der Waals surface area (Å²) in [7, 11) is -3.14. The van der Waals surface area contributed by atoms with Gasteiger partial charge in [0.2, 0.25) is 0 Å². The normalized spacial score (nSPS) is 19.8. The van der Waals surface area contributed by atoms with Crippen molar-refractivity contribution in [2.75, 3.05) is 24.7 Å².